The molecule has 0 spiro atoms. The molecule has 0 aliphatic carbocycles. The second-order valence-electron chi connectivity index (χ2n) is 5.45. The highest BCUT2D eigenvalue weighted by molar-refractivity contribution is 5.96. The smallest absolute Gasteiger partial charge is 0.410 e. The number of carbonyl (C=O) groups excluding carboxylic acids is 2. The van der Waals surface area contributed by atoms with Crippen molar-refractivity contribution in [3.63, 3.8) is 0 Å². The number of rotatable bonds is 5. The molecule has 25 heavy (non-hydrogen) atoms. The monoisotopic (exact) mass is 342 g/mol. The Hall–Kier alpha value is -3.16. The molecule has 8 nitrogen and oxygen atoms in total. The Morgan fingerprint density at radius 1 is 1.36 bits per heavy atom. The van der Waals surface area contributed by atoms with Gasteiger partial charge < -0.3 is 9.47 Å². The SMILES string of the molecule is CCOc1cccc(-c2cnc(NC(=O)C3COC(=O)N3C)nc2)c1. The Bertz CT molecular complexity index is 778. The molecule has 0 saturated carbocycles. The van der Waals surface area contributed by atoms with Gasteiger partial charge >= 0.3 is 6.09 Å². The predicted octanol–water partition coefficient (Wildman–Crippen LogP) is 1.93. The molecule has 1 N–H and O–H groups in total. The molecule has 1 aliphatic rings. The van der Waals surface area contributed by atoms with E-state index in [1.54, 1.807) is 12.4 Å². The lowest BCUT2D eigenvalue weighted by molar-refractivity contribution is -0.119. The maximum atomic E-state index is 12.2. The van der Waals surface area contributed by atoms with Crippen molar-refractivity contribution in [1.82, 2.24) is 14.9 Å². The maximum absolute atomic E-state index is 12.2. The van der Waals surface area contributed by atoms with Crippen molar-refractivity contribution in [3.8, 4) is 16.9 Å². The third-order valence-electron chi connectivity index (χ3n) is 3.79. The quantitative estimate of drug-likeness (QED) is 0.892. The number of benzene rings is 1. The summed E-state index contributed by atoms with van der Waals surface area (Å²) >= 11 is 0. The van der Waals surface area contributed by atoms with Gasteiger partial charge in [0.15, 0.2) is 0 Å². The van der Waals surface area contributed by atoms with E-state index < -0.39 is 12.1 Å². The van der Waals surface area contributed by atoms with Gasteiger partial charge in [0.25, 0.3) is 5.91 Å². The minimum Gasteiger partial charge on any atom is -0.494 e. The molecule has 2 amide bonds. The van der Waals surface area contributed by atoms with Gasteiger partial charge in [-0.15, -0.1) is 0 Å². The number of likely N-dealkylation sites (N-methyl/N-ethyl adjacent to an activating group) is 1. The molecule has 2 heterocycles. The number of anilines is 1. The number of aromatic nitrogens is 2. The zero-order valence-corrected chi connectivity index (χ0v) is 13.9. The van der Waals surface area contributed by atoms with Crippen LogP contribution in [0.3, 0.4) is 0 Å². The van der Waals surface area contributed by atoms with Crippen molar-refractivity contribution >= 4 is 17.9 Å². The molecule has 1 aromatic heterocycles. The summed E-state index contributed by atoms with van der Waals surface area (Å²) in [4.78, 5) is 33.0. The maximum Gasteiger partial charge on any atom is 0.410 e. The van der Waals surface area contributed by atoms with Crippen molar-refractivity contribution in [2.45, 2.75) is 13.0 Å². The van der Waals surface area contributed by atoms with E-state index >= 15 is 0 Å². The van der Waals surface area contributed by atoms with Gasteiger partial charge in [-0.05, 0) is 24.6 Å². The molecular formula is C17H18N4O4. The van der Waals surface area contributed by atoms with Crippen LogP contribution >= 0.6 is 0 Å². The lowest BCUT2D eigenvalue weighted by Crippen LogP contribution is -2.40. The Morgan fingerprint density at radius 2 is 2.12 bits per heavy atom. The number of ether oxygens (including phenoxy) is 2. The molecule has 2 aromatic rings. The van der Waals surface area contributed by atoms with Crippen LogP contribution in [0.1, 0.15) is 6.92 Å². The molecule has 1 saturated heterocycles. The van der Waals surface area contributed by atoms with E-state index in [9.17, 15) is 9.59 Å². The van der Waals surface area contributed by atoms with Crippen LogP contribution in [0.15, 0.2) is 36.7 Å². The zero-order chi connectivity index (χ0) is 17.8. The number of carbonyl (C=O) groups is 2. The van der Waals surface area contributed by atoms with Gasteiger partial charge in [-0.2, -0.15) is 0 Å². The number of amides is 2. The molecule has 1 atom stereocenters. The second kappa shape index (κ2) is 7.16. The summed E-state index contributed by atoms with van der Waals surface area (Å²) in [6, 6.07) is 6.92. The summed E-state index contributed by atoms with van der Waals surface area (Å²) in [5, 5.41) is 2.59. The van der Waals surface area contributed by atoms with E-state index in [1.807, 2.05) is 31.2 Å². The van der Waals surface area contributed by atoms with E-state index in [0.717, 1.165) is 16.9 Å². The van der Waals surface area contributed by atoms with Crippen LogP contribution in [0.5, 0.6) is 5.75 Å². The van der Waals surface area contributed by atoms with Gasteiger partial charge in [0, 0.05) is 25.0 Å². The first-order valence-electron chi connectivity index (χ1n) is 7.84. The van der Waals surface area contributed by atoms with Gasteiger partial charge in [-0.3, -0.25) is 15.0 Å². The first kappa shape index (κ1) is 16.7. The molecule has 130 valence electrons. The van der Waals surface area contributed by atoms with E-state index in [2.05, 4.69) is 15.3 Å². The summed E-state index contributed by atoms with van der Waals surface area (Å²) in [6.07, 6.45) is 2.71. The summed E-state index contributed by atoms with van der Waals surface area (Å²) in [5.74, 6) is 0.549. The van der Waals surface area contributed by atoms with E-state index in [0.29, 0.717) is 6.61 Å². The average Bonchev–Trinajstić information content (AvgIpc) is 2.95. The van der Waals surface area contributed by atoms with Crippen LogP contribution in [-0.4, -0.2) is 53.2 Å². The Kier molecular flexibility index (Phi) is 4.78. The summed E-state index contributed by atoms with van der Waals surface area (Å²) < 4.78 is 10.3. The van der Waals surface area contributed by atoms with Gasteiger partial charge in [-0.25, -0.2) is 14.8 Å². The summed E-state index contributed by atoms with van der Waals surface area (Å²) in [5.41, 5.74) is 1.72. The molecule has 8 heteroatoms. The van der Waals surface area contributed by atoms with E-state index in [-0.39, 0.29) is 18.5 Å². The molecule has 0 radical (unpaired) electrons. The summed E-state index contributed by atoms with van der Waals surface area (Å²) in [6.45, 7) is 2.53. The van der Waals surface area contributed by atoms with Gasteiger partial charge in [0.05, 0.1) is 6.61 Å². The zero-order valence-electron chi connectivity index (χ0n) is 13.9. The highest BCUT2D eigenvalue weighted by atomic mass is 16.6. The number of cyclic esters (lactones) is 1. The first-order chi connectivity index (χ1) is 12.1. The fourth-order valence-corrected chi connectivity index (χ4v) is 2.41. The van der Waals surface area contributed by atoms with Gasteiger partial charge in [-0.1, -0.05) is 12.1 Å². The Morgan fingerprint density at radius 3 is 2.76 bits per heavy atom. The first-order valence-corrected chi connectivity index (χ1v) is 7.84. The number of nitrogens with zero attached hydrogens (tertiary/aromatic N) is 3. The van der Waals surface area contributed by atoms with Crippen molar-refractivity contribution in [1.29, 1.82) is 0 Å². The van der Waals surface area contributed by atoms with Crippen LogP contribution in [0.25, 0.3) is 11.1 Å². The Balaban J connectivity index is 1.69. The van der Waals surface area contributed by atoms with Crippen LogP contribution in [0.2, 0.25) is 0 Å². The molecular weight excluding hydrogens is 324 g/mol. The van der Waals surface area contributed by atoms with Gasteiger partial charge in [0.2, 0.25) is 5.95 Å². The minimum absolute atomic E-state index is 0.0173. The molecule has 1 unspecified atom stereocenters. The molecule has 1 aromatic carbocycles. The van der Waals surface area contributed by atoms with Crippen molar-refractivity contribution in [3.05, 3.63) is 36.7 Å². The lowest BCUT2D eigenvalue weighted by Gasteiger charge is -2.14. The standard InChI is InChI=1S/C17H18N4O4/c1-3-24-13-6-4-5-11(7-13)12-8-18-16(19-9-12)20-15(22)14-10-25-17(23)21(14)2/h4-9,14H,3,10H2,1-2H3,(H,18,19,20,22). The molecule has 1 fully saturated rings. The topological polar surface area (TPSA) is 93.7 Å². The predicted molar refractivity (Wildman–Crippen MR) is 90.2 cm³/mol. The second-order valence-corrected chi connectivity index (χ2v) is 5.45. The highest BCUT2D eigenvalue weighted by Crippen LogP contribution is 2.23. The van der Waals surface area contributed by atoms with E-state index in [4.69, 9.17) is 9.47 Å². The average molecular weight is 342 g/mol. The molecule has 1 aliphatic heterocycles. The molecule has 0 bridgehead atoms. The van der Waals surface area contributed by atoms with E-state index in [1.165, 1.54) is 11.9 Å². The molecule has 3 rings (SSSR count). The largest absolute Gasteiger partial charge is 0.494 e. The minimum atomic E-state index is -0.682. The summed E-state index contributed by atoms with van der Waals surface area (Å²) in [7, 11) is 1.51. The fourth-order valence-electron chi connectivity index (χ4n) is 2.41. The van der Waals surface area contributed by atoms with Crippen LogP contribution in [0.4, 0.5) is 10.7 Å². The highest BCUT2D eigenvalue weighted by Gasteiger charge is 2.35. The van der Waals surface area contributed by atoms with Gasteiger partial charge in [0.1, 0.15) is 18.4 Å². The van der Waals surface area contributed by atoms with Crippen LogP contribution < -0.4 is 10.1 Å². The van der Waals surface area contributed by atoms with Crippen molar-refractivity contribution in [2.24, 2.45) is 0 Å². The van der Waals surface area contributed by atoms with Crippen LogP contribution in [-0.2, 0) is 9.53 Å². The number of hydrogen-bond acceptors (Lipinski definition) is 6. The lowest BCUT2D eigenvalue weighted by atomic mass is 10.1. The third kappa shape index (κ3) is 3.68. The number of nitrogens with one attached hydrogen (secondary N) is 1. The van der Waals surface area contributed by atoms with Crippen molar-refractivity contribution < 1.29 is 19.1 Å². The number of hydrogen-bond donors (Lipinski definition) is 1. The van der Waals surface area contributed by atoms with Crippen LogP contribution in [0, 0.1) is 0 Å². The normalized spacial score (nSPS) is 16.5. The third-order valence-corrected chi connectivity index (χ3v) is 3.79. The Labute approximate surface area is 144 Å². The van der Waals surface area contributed by atoms with Crippen molar-refractivity contribution in [2.75, 3.05) is 25.6 Å². The fraction of sp³-hybridized carbons (Fsp3) is 0.294.